The second-order valence-electron chi connectivity index (χ2n) is 5.85. The Bertz CT molecular complexity index is 707. The van der Waals surface area contributed by atoms with Crippen LogP contribution in [0.15, 0.2) is 53.0 Å². The summed E-state index contributed by atoms with van der Waals surface area (Å²) in [7, 11) is 0. The van der Waals surface area contributed by atoms with Gasteiger partial charge in [0, 0.05) is 23.5 Å². The lowest BCUT2D eigenvalue weighted by Gasteiger charge is -2.17. The Balaban J connectivity index is 1.83. The second-order valence-corrected chi connectivity index (χ2v) is 6.76. The molecule has 2 atom stereocenters. The molecule has 1 aliphatic rings. The van der Waals surface area contributed by atoms with Gasteiger partial charge in [-0.05, 0) is 36.2 Å². The summed E-state index contributed by atoms with van der Waals surface area (Å²) in [5.74, 6) is -0.382. The van der Waals surface area contributed by atoms with Crippen LogP contribution in [0, 0.1) is 11.7 Å². The summed E-state index contributed by atoms with van der Waals surface area (Å²) in [5, 5.41) is 0. The Morgan fingerprint density at radius 3 is 2.61 bits per heavy atom. The quantitative estimate of drug-likeness (QED) is 0.891. The molecule has 1 fully saturated rings. The van der Waals surface area contributed by atoms with Gasteiger partial charge in [-0.25, -0.2) is 4.39 Å². The molecular weight excluding hydrogens is 359 g/mol. The van der Waals surface area contributed by atoms with Gasteiger partial charge in [0.05, 0.1) is 5.56 Å². The van der Waals surface area contributed by atoms with Crippen LogP contribution in [0.2, 0.25) is 0 Å². The molecule has 2 aromatic rings. The van der Waals surface area contributed by atoms with Crippen molar-refractivity contribution in [2.75, 3.05) is 19.6 Å². The van der Waals surface area contributed by atoms with Gasteiger partial charge in [0.1, 0.15) is 5.82 Å². The average molecular weight is 377 g/mol. The number of rotatable bonds is 3. The molecule has 0 aliphatic carbocycles. The number of hydrogen-bond donors (Lipinski definition) is 1. The van der Waals surface area contributed by atoms with Crippen LogP contribution in [-0.4, -0.2) is 30.4 Å². The van der Waals surface area contributed by atoms with Gasteiger partial charge in [-0.1, -0.05) is 46.3 Å². The number of carbonyl (C=O) groups excluding carboxylic acids is 1. The fourth-order valence-electron chi connectivity index (χ4n) is 3.19. The molecule has 2 aromatic carbocycles. The molecule has 1 heterocycles. The van der Waals surface area contributed by atoms with E-state index in [1.807, 2.05) is 18.2 Å². The highest BCUT2D eigenvalue weighted by Gasteiger charge is 2.36. The fourth-order valence-corrected chi connectivity index (χ4v) is 3.52. The number of nitrogens with zero attached hydrogens (tertiary/aromatic N) is 1. The van der Waals surface area contributed by atoms with Crippen LogP contribution >= 0.6 is 15.9 Å². The summed E-state index contributed by atoms with van der Waals surface area (Å²) in [6.07, 6.45) is 0. The van der Waals surface area contributed by atoms with Gasteiger partial charge in [-0.2, -0.15) is 0 Å². The van der Waals surface area contributed by atoms with Gasteiger partial charge < -0.3 is 10.6 Å². The lowest BCUT2D eigenvalue weighted by atomic mass is 9.89. The Morgan fingerprint density at radius 1 is 1.22 bits per heavy atom. The molecule has 0 aromatic heterocycles. The van der Waals surface area contributed by atoms with Crippen LogP contribution in [0.1, 0.15) is 21.8 Å². The van der Waals surface area contributed by atoms with Crippen molar-refractivity contribution in [1.29, 1.82) is 0 Å². The first kappa shape index (κ1) is 16.1. The number of nitrogens with two attached hydrogens (primary N) is 1. The molecule has 0 saturated carbocycles. The molecule has 23 heavy (non-hydrogen) atoms. The Hall–Kier alpha value is -1.72. The van der Waals surface area contributed by atoms with E-state index in [4.69, 9.17) is 5.73 Å². The Kier molecular flexibility index (Phi) is 4.78. The predicted octanol–water partition coefficient (Wildman–Crippen LogP) is 3.40. The second kappa shape index (κ2) is 6.81. The van der Waals surface area contributed by atoms with E-state index in [0.717, 1.165) is 0 Å². The zero-order valence-electron chi connectivity index (χ0n) is 12.6. The maximum Gasteiger partial charge on any atom is 0.256 e. The average Bonchev–Trinajstić information content (AvgIpc) is 2.99. The smallest absolute Gasteiger partial charge is 0.256 e. The number of halogens is 2. The number of amides is 1. The Labute approximate surface area is 143 Å². The van der Waals surface area contributed by atoms with E-state index < -0.39 is 5.82 Å². The van der Waals surface area contributed by atoms with Gasteiger partial charge in [0.2, 0.25) is 0 Å². The molecule has 1 saturated heterocycles. The molecule has 120 valence electrons. The van der Waals surface area contributed by atoms with Crippen LogP contribution < -0.4 is 5.73 Å². The number of likely N-dealkylation sites (tertiary alicyclic amines) is 1. The molecule has 3 nitrogen and oxygen atoms in total. The third kappa shape index (κ3) is 3.31. The van der Waals surface area contributed by atoms with Crippen molar-refractivity contribution in [3.63, 3.8) is 0 Å². The highest BCUT2D eigenvalue weighted by atomic mass is 79.9. The largest absolute Gasteiger partial charge is 0.338 e. The minimum atomic E-state index is -0.503. The molecule has 3 rings (SSSR count). The summed E-state index contributed by atoms with van der Waals surface area (Å²) < 4.78 is 14.7. The summed E-state index contributed by atoms with van der Waals surface area (Å²) in [6, 6.07) is 14.6. The van der Waals surface area contributed by atoms with E-state index in [1.165, 1.54) is 17.7 Å². The normalized spacial score (nSPS) is 20.7. The van der Waals surface area contributed by atoms with Crippen molar-refractivity contribution in [2.24, 2.45) is 11.7 Å². The van der Waals surface area contributed by atoms with Crippen molar-refractivity contribution in [3.8, 4) is 0 Å². The first-order chi connectivity index (χ1) is 11.1. The van der Waals surface area contributed by atoms with Crippen molar-refractivity contribution < 1.29 is 9.18 Å². The molecule has 0 spiro atoms. The number of carbonyl (C=O) groups is 1. The minimum absolute atomic E-state index is 0.109. The van der Waals surface area contributed by atoms with Gasteiger partial charge >= 0.3 is 0 Å². The van der Waals surface area contributed by atoms with E-state index in [2.05, 4.69) is 28.1 Å². The zero-order valence-corrected chi connectivity index (χ0v) is 14.2. The van der Waals surface area contributed by atoms with Gasteiger partial charge in [-0.3, -0.25) is 4.79 Å². The first-order valence-electron chi connectivity index (χ1n) is 7.59. The van der Waals surface area contributed by atoms with Crippen LogP contribution in [0.4, 0.5) is 4.39 Å². The number of benzene rings is 2. The van der Waals surface area contributed by atoms with Crippen LogP contribution in [0.5, 0.6) is 0 Å². The van der Waals surface area contributed by atoms with Crippen molar-refractivity contribution >= 4 is 21.8 Å². The molecule has 0 radical (unpaired) electrons. The van der Waals surface area contributed by atoms with E-state index >= 15 is 0 Å². The minimum Gasteiger partial charge on any atom is -0.338 e. The summed E-state index contributed by atoms with van der Waals surface area (Å²) in [6.45, 7) is 1.64. The molecule has 0 unspecified atom stereocenters. The summed E-state index contributed by atoms with van der Waals surface area (Å²) >= 11 is 3.21. The van der Waals surface area contributed by atoms with Crippen molar-refractivity contribution in [1.82, 2.24) is 4.90 Å². The molecule has 1 amide bonds. The van der Waals surface area contributed by atoms with Gasteiger partial charge in [0.15, 0.2) is 0 Å². The summed E-state index contributed by atoms with van der Waals surface area (Å²) in [4.78, 5) is 14.4. The first-order valence-corrected chi connectivity index (χ1v) is 8.38. The highest BCUT2D eigenvalue weighted by Crippen LogP contribution is 2.33. The zero-order chi connectivity index (χ0) is 16.4. The maximum atomic E-state index is 14.1. The molecular formula is C18H18BrFN2O. The third-order valence-electron chi connectivity index (χ3n) is 4.42. The lowest BCUT2D eigenvalue weighted by Crippen LogP contribution is -2.30. The van der Waals surface area contributed by atoms with Crippen LogP contribution in [0.3, 0.4) is 0 Å². The third-order valence-corrected chi connectivity index (χ3v) is 4.91. The van der Waals surface area contributed by atoms with Crippen LogP contribution in [-0.2, 0) is 0 Å². The maximum absolute atomic E-state index is 14.1. The predicted molar refractivity (Wildman–Crippen MR) is 91.7 cm³/mol. The Morgan fingerprint density at radius 2 is 1.96 bits per heavy atom. The van der Waals surface area contributed by atoms with Gasteiger partial charge in [0.25, 0.3) is 5.91 Å². The van der Waals surface area contributed by atoms with Crippen molar-refractivity contribution in [3.05, 3.63) is 69.9 Å². The SMILES string of the molecule is NC[C@@H]1CN(C(=O)c2ccc(Br)cc2F)C[C@H]1c1ccccc1. The standard InChI is InChI=1S/C18H18BrFN2O/c19-14-6-7-15(17(20)8-14)18(23)22-10-13(9-21)16(11-22)12-4-2-1-3-5-12/h1-8,13,16H,9-11,21H2/t13-,16+/m1/s1. The van der Waals surface area contributed by atoms with E-state index in [0.29, 0.717) is 24.1 Å². The molecule has 5 heteroatoms. The lowest BCUT2D eigenvalue weighted by molar-refractivity contribution is 0.0782. The van der Waals surface area contributed by atoms with Crippen LogP contribution in [0.25, 0.3) is 0 Å². The van der Waals surface area contributed by atoms with Gasteiger partial charge in [-0.15, -0.1) is 0 Å². The van der Waals surface area contributed by atoms with Crippen molar-refractivity contribution in [2.45, 2.75) is 5.92 Å². The summed E-state index contributed by atoms with van der Waals surface area (Å²) in [5.41, 5.74) is 7.18. The van der Waals surface area contributed by atoms with E-state index in [1.54, 1.807) is 11.0 Å². The fraction of sp³-hybridized carbons (Fsp3) is 0.278. The topological polar surface area (TPSA) is 46.3 Å². The highest BCUT2D eigenvalue weighted by molar-refractivity contribution is 9.10. The number of hydrogen-bond acceptors (Lipinski definition) is 2. The monoisotopic (exact) mass is 376 g/mol. The van der Waals surface area contributed by atoms with E-state index in [-0.39, 0.29) is 23.3 Å². The molecule has 2 N–H and O–H groups in total. The van der Waals surface area contributed by atoms with E-state index in [9.17, 15) is 9.18 Å². The molecule has 0 bridgehead atoms. The molecule has 1 aliphatic heterocycles.